The highest BCUT2D eigenvalue weighted by molar-refractivity contribution is 5.95. The summed E-state index contributed by atoms with van der Waals surface area (Å²) in [6.45, 7) is 4.05. The van der Waals surface area contributed by atoms with E-state index in [1.807, 2.05) is 13.0 Å². The lowest BCUT2D eigenvalue weighted by Gasteiger charge is -2.32. The Hall–Kier alpha value is -3.35. The van der Waals surface area contributed by atoms with Crippen LogP contribution in [-0.2, 0) is 4.79 Å². The van der Waals surface area contributed by atoms with E-state index in [1.54, 1.807) is 24.3 Å². The minimum atomic E-state index is -1.03. The number of nitrogens with zero attached hydrogens (tertiary/aromatic N) is 1. The zero-order chi connectivity index (χ0) is 21.7. The molecule has 2 aromatic carbocycles. The second-order valence-corrected chi connectivity index (χ2v) is 7.44. The van der Waals surface area contributed by atoms with E-state index >= 15 is 0 Å². The first-order valence-electron chi connectivity index (χ1n) is 10.2. The summed E-state index contributed by atoms with van der Waals surface area (Å²) >= 11 is 0. The average molecular weight is 409 g/mol. The zero-order valence-corrected chi connectivity index (χ0v) is 17.1. The summed E-state index contributed by atoms with van der Waals surface area (Å²) in [4.78, 5) is 38.4. The van der Waals surface area contributed by atoms with Gasteiger partial charge in [0.15, 0.2) is 0 Å². The van der Waals surface area contributed by atoms with Crippen molar-refractivity contribution in [1.82, 2.24) is 5.32 Å². The second-order valence-electron chi connectivity index (χ2n) is 7.44. The molecule has 0 saturated carbocycles. The van der Waals surface area contributed by atoms with E-state index in [0.29, 0.717) is 23.2 Å². The summed E-state index contributed by atoms with van der Waals surface area (Å²) in [5.41, 5.74) is 8.26. The Balaban J connectivity index is 2.14. The molecule has 7 heteroatoms. The van der Waals surface area contributed by atoms with Gasteiger partial charge in [0.2, 0.25) is 11.8 Å². The third-order valence-electron chi connectivity index (χ3n) is 5.42. The molecule has 0 bridgehead atoms. The topological polar surface area (TPSA) is 113 Å². The van der Waals surface area contributed by atoms with Crippen molar-refractivity contribution in [2.45, 2.75) is 32.1 Å². The highest BCUT2D eigenvalue weighted by atomic mass is 16.4. The minimum Gasteiger partial charge on any atom is -0.478 e. The van der Waals surface area contributed by atoms with Crippen molar-refractivity contribution in [1.29, 1.82) is 0 Å². The van der Waals surface area contributed by atoms with Gasteiger partial charge in [-0.25, -0.2) is 4.79 Å². The van der Waals surface area contributed by atoms with Crippen LogP contribution in [0.15, 0.2) is 42.5 Å². The Morgan fingerprint density at radius 1 is 1.03 bits per heavy atom. The first-order chi connectivity index (χ1) is 14.4. The number of amides is 2. The number of likely N-dealkylation sites (N-methyl/N-ethyl adjacent to an activating group) is 1. The summed E-state index contributed by atoms with van der Waals surface area (Å²) in [6.07, 6.45) is 3.30. The molecule has 0 spiro atoms. The van der Waals surface area contributed by atoms with E-state index in [4.69, 9.17) is 5.73 Å². The predicted molar refractivity (Wildman–Crippen MR) is 115 cm³/mol. The van der Waals surface area contributed by atoms with Crippen molar-refractivity contribution in [3.05, 3.63) is 64.7 Å². The van der Waals surface area contributed by atoms with Gasteiger partial charge in [-0.05, 0) is 67.6 Å². The van der Waals surface area contributed by atoms with Gasteiger partial charge >= 0.3 is 5.97 Å². The van der Waals surface area contributed by atoms with Crippen molar-refractivity contribution in [2.24, 2.45) is 5.73 Å². The number of rotatable bonds is 7. The Bertz CT molecular complexity index is 934. The quantitative estimate of drug-likeness (QED) is 0.651. The summed E-state index contributed by atoms with van der Waals surface area (Å²) < 4.78 is 0. The van der Waals surface area contributed by atoms with Crippen molar-refractivity contribution < 1.29 is 19.5 Å². The number of primary amides is 1. The highest BCUT2D eigenvalue weighted by Crippen LogP contribution is 2.35. The van der Waals surface area contributed by atoms with Gasteiger partial charge in [0, 0.05) is 30.9 Å². The fraction of sp³-hybridized carbons (Fsp3) is 0.348. The molecule has 1 heterocycles. The zero-order valence-electron chi connectivity index (χ0n) is 17.1. The van der Waals surface area contributed by atoms with Crippen molar-refractivity contribution >= 4 is 23.5 Å². The third kappa shape index (κ3) is 4.62. The molecule has 1 aliphatic heterocycles. The van der Waals surface area contributed by atoms with Crippen molar-refractivity contribution in [3.63, 3.8) is 0 Å². The molecule has 2 amide bonds. The summed E-state index contributed by atoms with van der Waals surface area (Å²) in [7, 11) is 0. The lowest BCUT2D eigenvalue weighted by atomic mass is 9.87. The summed E-state index contributed by atoms with van der Waals surface area (Å²) in [5, 5.41) is 12.1. The lowest BCUT2D eigenvalue weighted by molar-refractivity contribution is -0.121. The Morgan fingerprint density at radius 3 is 2.23 bits per heavy atom. The van der Waals surface area contributed by atoms with Crippen molar-refractivity contribution in [3.8, 4) is 0 Å². The van der Waals surface area contributed by atoms with Crippen LogP contribution in [0.4, 0.5) is 5.69 Å². The molecule has 7 nitrogen and oxygen atoms in total. The van der Waals surface area contributed by atoms with Crippen LogP contribution in [0.5, 0.6) is 0 Å². The van der Waals surface area contributed by atoms with Crippen LogP contribution in [0.25, 0.3) is 0 Å². The number of carbonyl (C=O) groups is 3. The Labute approximate surface area is 175 Å². The number of hydrogen-bond acceptors (Lipinski definition) is 4. The molecule has 3 rings (SSSR count). The molecular weight excluding hydrogens is 382 g/mol. The predicted octanol–water partition coefficient (Wildman–Crippen LogP) is 2.74. The molecule has 1 saturated heterocycles. The molecule has 0 aromatic heterocycles. The first-order valence-corrected chi connectivity index (χ1v) is 10.2. The largest absolute Gasteiger partial charge is 0.478 e. The van der Waals surface area contributed by atoms with Gasteiger partial charge < -0.3 is 21.1 Å². The monoisotopic (exact) mass is 409 g/mol. The molecule has 1 aliphatic rings. The van der Waals surface area contributed by atoms with Crippen LogP contribution in [-0.4, -0.2) is 42.5 Å². The van der Waals surface area contributed by atoms with Crippen LogP contribution in [0, 0.1) is 0 Å². The maximum atomic E-state index is 13.1. The van der Waals surface area contributed by atoms with E-state index in [0.717, 1.165) is 31.6 Å². The average Bonchev–Trinajstić information content (AvgIpc) is 2.75. The number of aromatic carboxylic acids is 1. The van der Waals surface area contributed by atoms with Crippen LogP contribution < -0.4 is 16.0 Å². The maximum absolute atomic E-state index is 13.1. The van der Waals surface area contributed by atoms with Gasteiger partial charge in [0.1, 0.15) is 0 Å². The molecule has 158 valence electrons. The lowest BCUT2D eigenvalue weighted by Crippen LogP contribution is -2.34. The van der Waals surface area contributed by atoms with Crippen LogP contribution in [0.1, 0.15) is 63.9 Å². The highest BCUT2D eigenvalue weighted by Gasteiger charge is 2.28. The molecule has 0 aliphatic carbocycles. The molecule has 30 heavy (non-hydrogen) atoms. The standard InChI is InChI=1S/C23H27N3O4/c1-2-25-22(28)20(15-6-8-16(9-7-15)23(29)30)18-14-17(21(24)27)10-11-19(18)26-12-4-3-5-13-26/h6-11,14,20H,2-5,12-13H2,1H3,(H2,24,27)(H,25,28)(H,29,30). The van der Waals surface area contributed by atoms with Gasteiger partial charge in [-0.15, -0.1) is 0 Å². The number of hydrogen-bond donors (Lipinski definition) is 3. The number of piperidine rings is 1. The molecule has 2 aromatic rings. The number of nitrogens with one attached hydrogen (secondary N) is 1. The smallest absolute Gasteiger partial charge is 0.335 e. The van der Waals surface area contributed by atoms with Crippen LogP contribution in [0.3, 0.4) is 0 Å². The van der Waals surface area contributed by atoms with Gasteiger partial charge in [-0.3, -0.25) is 9.59 Å². The third-order valence-corrected chi connectivity index (χ3v) is 5.42. The minimum absolute atomic E-state index is 0.149. The fourth-order valence-electron chi connectivity index (χ4n) is 3.93. The van der Waals surface area contributed by atoms with E-state index in [9.17, 15) is 19.5 Å². The van der Waals surface area contributed by atoms with Gasteiger partial charge in [-0.2, -0.15) is 0 Å². The summed E-state index contributed by atoms with van der Waals surface area (Å²) in [5.74, 6) is -2.48. The Morgan fingerprint density at radius 2 is 1.67 bits per heavy atom. The Kier molecular flexibility index (Phi) is 6.72. The van der Waals surface area contributed by atoms with E-state index in [-0.39, 0.29) is 11.5 Å². The molecular formula is C23H27N3O4. The number of carboxylic acids is 1. The second kappa shape index (κ2) is 9.43. The van der Waals surface area contributed by atoms with Gasteiger partial charge in [0.05, 0.1) is 11.5 Å². The maximum Gasteiger partial charge on any atom is 0.335 e. The SMILES string of the molecule is CCNC(=O)C(c1ccc(C(=O)O)cc1)c1cc(C(N)=O)ccc1N1CCCCC1. The molecule has 4 N–H and O–H groups in total. The number of carbonyl (C=O) groups excluding carboxylic acids is 2. The molecule has 1 unspecified atom stereocenters. The van der Waals surface area contributed by atoms with Crippen molar-refractivity contribution in [2.75, 3.05) is 24.5 Å². The summed E-state index contributed by atoms with van der Waals surface area (Å²) in [6, 6.07) is 11.5. The number of anilines is 1. The number of benzene rings is 2. The van der Waals surface area contributed by atoms with Crippen LogP contribution >= 0.6 is 0 Å². The number of nitrogens with two attached hydrogens (primary N) is 1. The van der Waals surface area contributed by atoms with E-state index in [2.05, 4.69) is 10.2 Å². The normalized spacial score (nSPS) is 14.8. The number of carboxylic acid groups (broad SMARTS) is 1. The van der Waals surface area contributed by atoms with E-state index in [1.165, 1.54) is 18.6 Å². The van der Waals surface area contributed by atoms with Gasteiger partial charge in [-0.1, -0.05) is 12.1 Å². The van der Waals surface area contributed by atoms with E-state index < -0.39 is 17.8 Å². The van der Waals surface area contributed by atoms with Gasteiger partial charge in [0.25, 0.3) is 0 Å². The molecule has 1 fully saturated rings. The molecule has 0 radical (unpaired) electrons. The van der Waals surface area contributed by atoms with Crippen LogP contribution in [0.2, 0.25) is 0 Å². The molecule has 1 atom stereocenters. The fourth-order valence-corrected chi connectivity index (χ4v) is 3.93. The first kappa shape index (κ1) is 21.4.